The second-order valence-corrected chi connectivity index (χ2v) is 4.91. The molecule has 5 nitrogen and oxygen atoms in total. The minimum absolute atomic E-state index is 0.0723. The largest absolute Gasteiger partial charge is 0.307 e. The number of aromatic nitrogens is 4. The van der Waals surface area contributed by atoms with E-state index in [1.807, 2.05) is 43.6 Å². The van der Waals surface area contributed by atoms with Gasteiger partial charge in [0.2, 0.25) is 0 Å². The molecule has 2 aromatic heterocycles. The van der Waals surface area contributed by atoms with E-state index in [0.29, 0.717) is 0 Å². The van der Waals surface area contributed by atoms with E-state index in [-0.39, 0.29) is 6.04 Å². The first-order valence-electron chi connectivity index (χ1n) is 5.39. The zero-order chi connectivity index (χ0) is 12.6. The number of aryl methyl sites for hydroxylation is 3. The molecule has 2 aromatic rings. The second kappa shape index (κ2) is 4.62. The highest BCUT2D eigenvalue weighted by atomic mass is 79.9. The zero-order valence-corrected chi connectivity index (χ0v) is 12.0. The van der Waals surface area contributed by atoms with Crippen LogP contribution in [0.15, 0.2) is 16.7 Å². The van der Waals surface area contributed by atoms with E-state index in [9.17, 15) is 0 Å². The number of nitrogens with one attached hydrogen (secondary N) is 1. The Kier molecular flexibility index (Phi) is 3.35. The van der Waals surface area contributed by atoms with Gasteiger partial charge in [-0.2, -0.15) is 10.2 Å². The van der Waals surface area contributed by atoms with Crippen LogP contribution in [0, 0.1) is 6.92 Å². The minimum atomic E-state index is 0.0723. The quantitative estimate of drug-likeness (QED) is 0.935. The number of hydrogen-bond acceptors (Lipinski definition) is 3. The van der Waals surface area contributed by atoms with Crippen LogP contribution < -0.4 is 5.32 Å². The predicted molar refractivity (Wildman–Crippen MR) is 69.8 cm³/mol. The van der Waals surface area contributed by atoms with E-state index in [1.54, 1.807) is 0 Å². The highest BCUT2D eigenvalue weighted by Gasteiger charge is 2.22. The first-order valence-corrected chi connectivity index (χ1v) is 6.19. The van der Waals surface area contributed by atoms with E-state index in [0.717, 1.165) is 21.6 Å². The molecule has 0 aliphatic heterocycles. The van der Waals surface area contributed by atoms with E-state index in [4.69, 9.17) is 0 Å². The standard InChI is InChI=1S/C11H16BrN5/c1-7-5-9(16(3)15-7)10(13-2)11-8(12)6-14-17(11)4/h5-6,10,13H,1-4H3. The van der Waals surface area contributed by atoms with Crippen molar-refractivity contribution in [2.24, 2.45) is 14.1 Å². The van der Waals surface area contributed by atoms with Crippen LogP contribution in [-0.2, 0) is 14.1 Å². The fourth-order valence-electron chi connectivity index (χ4n) is 2.07. The molecule has 0 bridgehead atoms. The molecule has 0 fully saturated rings. The van der Waals surface area contributed by atoms with Crippen LogP contribution in [0.1, 0.15) is 23.1 Å². The lowest BCUT2D eigenvalue weighted by Gasteiger charge is -2.17. The van der Waals surface area contributed by atoms with Crippen LogP contribution in [0.5, 0.6) is 0 Å². The highest BCUT2D eigenvalue weighted by molar-refractivity contribution is 9.10. The predicted octanol–water partition coefficient (Wildman–Crippen LogP) is 1.53. The van der Waals surface area contributed by atoms with E-state index >= 15 is 0 Å². The number of nitrogens with zero attached hydrogens (tertiary/aromatic N) is 4. The Morgan fingerprint density at radius 1 is 1.35 bits per heavy atom. The molecular formula is C11H16BrN5. The van der Waals surface area contributed by atoms with Crippen molar-refractivity contribution in [3.8, 4) is 0 Å². The summed E-state index contributed by atoms with van der Waals surface area (Å²) < 4.78 is 4.77. The van der Waals surface area contributed by atoms with Crippen molar-refractivity contribution in [3.05, 3.63) is 33.8 Å². The molecule has 0 aliphatic carbocycles. The van der Waals surface area contributed by atoms with E-state index in [1.165, 1.54) is 0 Å². The molecule has 6 heteroatoms. The molecule has 1 N–H and O–H groups in total. The van der Waals surface area contributed by atoms with E-state index in [2.05, 4.69) is 37.5 Å². The van der Waals surface area contributed by atoms with Gasteiger partial charge in [0, 0.05) is 14.1 Å². The molecular weight excluding hydrogens is 282 g/mol. The normalized spacial score (nSPS) is 13.0. The maximum Gasteiger partial charge on any atom is 0.0927 e. The lowest BCUT2D eigenvalue weighted by Crippen LogP contribution is -2.23. The highest BCUT2D eigenvalue weighted by Crippen LogP contribution is 2.27. The average molecular weight is 298 g/mol. The zero-order valence-electron chi connectivity index (χ0n) is 10.4. The number of rotatable bonds is 3. The maximum absolute atomic E-state index is 4.38. The Morgan fingerprint density at radius 2 is 2.06 bits per heavy atom. The van der Waals surface area contributed by atoms with Gasteiger partial charge in [-0.25, -0.2) is 0 Å². The van der Waals surface area contributed by atoms with Crippen molar-refractivity contribution in [2.75, 3.05) is 7.05 Å². The molecule has 0 spiro atoms. The Balaban J connectivity index is 2.51. The fourth-order valence-corrected chi connectivity index (χ4v) is 2.65. The van der Waals surface area contributed by atoms with Crippen LogP contribution in [0.25, 0.3) is 0 Å². The van der Waals surface area contributed by atoms with Crippen molar-refractivity contribution in [2.45, 2.75) is 13.0 Å². The SMILES string of the molecule is CNC(c1cc(C)nn1C)c1c(Br)cnn1C. The fraction of sp³-hybridized carbons (Fsp3) is 0.455. The molecule has 0 radical (unpaired) electrons. The monoisotopic (exact) mass is 297 g/mol. The summed E-state index contributed by atoms with van der Waals surface area (Å²) in [6.45, 7) is 1.99. The Bertz CT molecular complexity index is 508. The van der Waals surface area contributed by atoms with Crippen molar-refractivity contribution in [1.82, 2.24) is 24.9 Å². The summed E-state index contributed by atoms with van der Waals surface area (Å²) in [5, 5.41) is 11.9. The van der Waals surface area contributed by atoms with Gasteiger partial charge >= 0.3 is 0 Å². The molecule has 0 saturated carbocycles. The molecule has 1 unspecified atom stereocenters. The van der Waals surface area contributed by atoms with Crippen LogP contribution in [-0.4, -0.2) is 26.6 Å². The summed E-state index contributed by atoms with van der Waals surface area (Å²) in [5.74, 6) is 0. The number of hydrogen-bond donors (Lipinski definition) is 1. The molecule has 1 atom stereocenters. The first kappa shape index (κ1) is 12.3. The van der Waals surface area contributed by atoms with Gasteiger partial charge in [0.05, 0.1) is 33.8 Å². The molecule has 0 aromatic carbocycles. The Hall–Kier alpha value is -1.14. The third kappa shape index (κ3) is 2.14. The number of halogens is 1. The Labute approximate surface area is 109 Å². The molecule has 92 valence electrons. The summed E-state index contributed by atoms with van der Waals surface area (Å²) in [6.07, 6.45) is 1.81. The van der Waals surface area contributed by atoms with Crippen molar-refractivity contribution in [3.63, 3.8) is 0 Å². The topological polar surface area (TPSA) is 47.7 Å². The van der Waals surface area contributed by atoms with Gasteiger partial charge in [0.15, 0.2) is 0 Å². The third-order valence-corrected chi connectivity index (χ3v) is 3.44. The Morgan fingerprint density at radius 3 is 2.47 bits per heavy atom. The first-order chi connectivity index (χ1) is 8.04. The molecule has 0 saturated heterocycles. The molecule has 2 heterocycles. The lowest BCUT2D eigenvalue weighted by atomic mass is 10.1. The molecule has 2 rings (SSSR count). The van der Waals surface area contributed by atoms with Crippen LogP contribution >= 0.6 is 15.9 Å². The molecule has 0 aliphatic rings. The van der Waals surface area contributed by atoms with Gasteiger partial charge < -0.3 is 5.32 Å². The third-order valence-electron chi connectivity index (χ3n) is 2.83. The van der Waals surface area contributed by atoms with Crippen LogP contribution in [0.3, 0.4) is 0 Å². The van der Waals surface area contributed by atoms with Gasteiger partial charge in [-0.15, -0.1) is 0 Å². The second-order valence-electron chi connectivity index (χ2n) is 4.06. The minimum Gasteiger partial charge on any atom is -0.307 e. The van der Waals surface area contributed by atoms with Gasteiger partial charge in [-0.1, -0.05) is 0 Å². The van der Waals surface area contributed by atoms with Crippen molar-refractivity contribution >= 4 is 15.9 Å². The maximum atomic E-state index is 4.38. The lowest BCUT2D eigenvalue weighted by molar-refractivity contribution is 0.558. The van der Waals surface area contributed by atoms with Crippen LogP contribution in [0.2, 0.25) is 0 Å². The van der Waals surface area contributed by atoms with Crippen molar-refractivity contribution < 1.29 is 0 Å². The molecule has 0 amide bonds. The summed E-state index contributed by atoms with van der Waals surface area (Å²) in [6, 6.07) is 2.16. The summed E-state index contributed by atoms with van der Waals surface area (Å²) in [4.78, 5) is 0. The average Bonchev–Trinajstić information content (AvgIpc) is 2.76. The van der Waals surface area contributed by atoms with E-state index < -0.39 is 0 Å². The van der Waals surface area contributed by atoms with Gasteiger partial charge in [0.1, 0.15) is 0 Å². The summed E-state index contributed by atoms with van der Waals surface area (Å²) in [5.41, 5.74) is 3.23. The molecule has 17 heavy (non-hydrogen) atoms. The smallest absolute Gasteiger partial charge is 0.0927 e. The van der Waals surface area contributed by atoms with Gasteiger partial charge in [-0.3, -0.25) is 9.36 Å². The van der Waals surface area contributed by atoms with Gasteiger partial charge in [0.25, 0.3) is 0 Å². The van der Waals surface area contributed by atoms with Crippen molar-refractivity contribution in [1.29, 1.82) is 0 Å². The summed E-state index contributed by atoms with van der Waals surface area (Å²) in [7, 11) is 5.83. The van der Waals surface area contributed by atoms with Gasteiger partial charge in [-0.05, 0) is 36.0 Å². The summed E-state index contributed by atoms with van der Waals surface area (Å²) >= 11 is 3.53. The van der Waals surface area contributed by atoms with Crippen LogP contribution in [0.4, 0.5) is 0 Å².